The van der Waals surface area contributed by atoms with Gasteiger partial charge in [-0.2, -0.15) is 0 Å². The Labute approximate surface area is 176 Å². The molecular formula is C23H31NO4S. The van der Waals surface area contributed by atoms with Gasteiger partial charge in [0.15, 0.2) is 5.76 Å². The third-order valence-corrected chi connectivity index (χ3v) is 8.22. The smallest absolute Gasteiger partial charge is 0.286 e. The molecule has 1 aliphatic heterocycles. The molecule has 6 heteroatoms. The Morgan fingerprint density at radius 2 is 1.93 bits per heavy atom. The van der Waals surface area contributed by atoms with Gasteiger partial charge in [0.05, 0.1) is 6.61 Å². The molecule has 2 heterocycles. The molecule has 4 bridgehead atoms. The Morgan fingerprint density at radius 1 is 1.21 bits per heavy atom. The van der Waals surface area contributed by atoms with Crippen molar-refractivity contribution in [3.05, 3.63) is 34.2 Å². The van der Waals surface area contributed by atoms with Crippen molar-refractivity contribution in [3.63, 3.8) is 0 Å². The first-order valence-electron chi connectivity index (χ1n) is 11.1. The molecular weight excluding hydrogens is 386 g/mol. The number of carbonyl (C=O) groups is 1. The third-order valence-electron chi connectivity index (χ3n) is 7.21. The molecule has 2 atom stereocenters. The number of hydrogen-bond donors (Lipinski definition) is 2. The van der Waals surface area contributed by atoms with Crippen LogP contribution in [0.4, 0.5) is 0 Å². The van der Waals surface area contributed by atoms with E-state index in [1.165, 1.54) is 24.1 Å². The predicted molar refractivity (Wildman–Crippen MR) is 111 cm³/mol. The molecule has 4 fully saturated rings. The zero-order valence-electron chi connectivity index (χ0n) is 16.8. The van der Waals surface area contributed by atoms with Gasteiger partial charge < -0.3 is 19.9 Å². The van der Waals surface area contributed by atoms with Gasteiger partial charge >= 0.3 is 0 Å². The van der Waals surface area contributed by atoms with Crippen molar-refractivity contribution in [1.29, 1.82) is 0 Å². The maximum atomic E-state index is 13.3. The summed E-state index contributed by atoms with van der Waals surface area (Å²) in [5.41, 5.74) is -0.0286. The summed E-state index contributed by atoms with van der Waals surface area (Å²) in [6.07, 6.45) is 10.3. The van der Waals surface area contributed by atoms with Crippen LogP contribution in [-0.4, -0.2) is 36.1 Å². The Hall–Kier alpha value is -1.37. The van der Waals surface area contributed by atoms with Gasteiger partial charge in [0.1, 0.15) is 0 Å². The minimum Gasteiger partial charge on any atom is -0.459 e. The first-order valence-corrected chi connectivity index (χ1v) is 12.0. The number of amides is 1. The third kappa shape index (κ3) is 4.12. The lowest BCUT2D eigenvalue weighted by Gasteiger charge is -2.56. The van der Waals surface area contributed by atoms with E-state index in [-0.39, 0.29) is 24.0 Å². The second kappa shape index (κ2) is 8.05. The van der Waals surface area contributed by atoms with Gasteiger partial charge in [-0.1, -0.05) is 6.07 Å². The van der Waals surface area contributed by atoms with E-state index < -0.39 is 6.29 Å². The maximum Gasteiger partial charge on any atom is 0.286 e. The van der Waals surface area contributed by atoms with Crippen molar-refractivity contribution in [3.8, 4) is 0 Å². The molecule has 158 valence electrons. The highest BCUT2D eigenvalue weighted by molar-refractivity contribution is 7.10. The molecule has 1 aromatic heterocycles. The molecule has 5 nitrogen and oxygen atoms in total. The van der Waals surface area contributed by atoms with Crippen LogP contribution in [0.2, 0.25) is 0 Å². The van der Waals surface area contributed by atoms with Gasteiger partial charge in [-0.05, 0) is 80.2 Å². The quantitative estimate of drug-likeness (QED) is 0.660. The fourth-order valence-electron chi connectivity index (χ4n) is 6.46. The van der Waals surface area contributed by atoms with Crippen molar-refractivity contribution < 1.29 is 19.4 Å². The van der Waals surface area contributed by atoms with Crippen molar-refractivity contribution >= 4 is 17.2 Å². The van der Waals surface area contributed by atoms with Crippen LogP contribution in [0.1, 0.15) is 62.2 Å². The van der Waals surface area contributed by atoms with Gasteiger partial charge in [0.2, 0.25) is 6.29 Å². The molecule has 0 spiro atoms. The van der Waals surface area contributed by atoms with Gasteiger partial charge in [-0.25, -0.2) is 0 Å². The van der Waals surface area contributed by atoms with Crippen LogP contribution >= 0.6 is 11.3 Å². The molecule has 0 saturated heterocycles. The van der Waals surface area contributed by atoms with E-state index in [1.807, 2.05) is 12.1 Å². The van der Waals surface area contributed by atoms with Crippen molar-refractivity contribution in [2.75, 3.05) is 13.2 Å². The number of carbonyl (C=O) groups excluding carboxylic acids is 1. The largest absolute Gasteiger partial charge is 0.459 e. The number of allylic oxidation sites excluding steroid dienone is 1. The zero-order chi connectivity index (χ0) is 19.8. The molecule has 4 aliphatic carbocycles. The summed E-state index contributed by atoms with van der Waals surface area (Å²) in [7, 11) is 0. The number of rotatable bonds is 7. The lowest BCUT2D eigenvalue weighted by atomic mass is 9.53. The van der Waals surface area contributed by atoms with Gasteiger partial charge in [0, 0.05) is 29.4 Å². The van der Waals surface area contributed by atoms with Crippen LogP contribution in [0.3, 0.4) is 0 Å². The fraction of sp³-hybridized carbons (Fsp3) is 0.696. The van der Waals surface area contributed by atoms with E-state index in [0.29, 0.717) is 25.2 Å². The number of nitrogens with one attached hydrogen (secondary N) is 1. The second-order valence-corrected chi connectivity index (χ2v) is 10.5. The monoisotopic (exact) mass is 417 g/mol. The van der Waals surface area contributed by atoms with E-state index in [1.54, 1.807) is 11.3 Å². The summed E-state index contributed by atoms with van der Waals surface area (Å²) in [6, 6.07) is 4.15. The number of aliphatic hydroxyl groups excluding tert-OH is 1. The van der Waals surface area contributed by atoms with E-state index >= 15 is 0 Å². The Kier molecular flexibility index (Phi) is 5.43. The SMILES string of the molecule is O=C(NC12CC3CC(CC(C3)C1)C2)C1=C[C@@H](c2cccs2)C[C@@H](OCCCO)O1. The normalized spacial score (nSPS) is 37.8. The molecule has 1 aromatic rings. The average Bonchev–Trinajstić information content (AvgIpc) is 3.21. The first kappa shape index (κ1) is 19.6. The predicted octanol–water partition coefficient (Wildman–Crippen LogP) is 3.95. The average molecular weight is 418 g/mol. The Morgan fingerprint density at radius 3 is 2.55 bits per heavy atom. The molecule has 6 rings (SSSR count). The molecule has 0 aromatic carbocycles. The van der Waals surface area contributed by atoms with E-state index in [0.717, 1.165) is 37.0 Å². The minimum atomic E-state index is -0.448. The van der Waals surface area contributed by atoms with Gasteiger partial charge in [-0.3, -0.25) is 4.79 Å². The minimum absolute atomic E-state index is 0.0286. The summed E-state index contributed by atoms with van der Waals surface area (Å²) in [6.45, 7) is 0.526. The maximum absolute atomic E-state index is 13.3. The van der Waals surface area contributed by atoms with Crippen molar-refractivity contribution in [2.45, 2.75) is 69.1 Å². The van der Waals surface area contributed by atoms with Crippen LogP contribution in [0, 0.1) is 17.8 Å². The molecule has 29 heavy (non-hydrogen) atoms. The van der Waals surface area contributed by atoms with E-state index in [2.05, 4.69) is 16.8 Å². The van der Waals surface area contributed by atoms with Crippen LogP contribution in [-0.2, 0) is 14.3 Å². The Balaban J connectivity index is 1.31. The first-order chi connectivity index (χ1) is 14.1. The summed E-state index contributed by atoms with van der Waals surface area (Å²) >= 11 is 1.70. The van der Waals surface area contributed by atoms with Gasteiger partial charge in [0.25, 0.3) is 5.91 Å². The molecule has 1 amide bonds. The second-order valence-electron chi connectivity index (χ2n) is 9.54. The molecule has 5 aliphatic rings. The fourth-order valence-corrected chi connectivity index (χ4v) is 7.27. The molecule has 0 radical (unpaired) electrons. The van der Waals surface area contributed by atoms with E-state index in [4.69, 9.17) is 14.6 Å². The highest BCUT2D eigenvalue weighted by Crippen LogP contribution is 2.55. The van der Waals surface area contributed by atoms with E-state index in [9.17, 15) is 4.79 Å². The highest BCUT2D eigenvalue weighted by atomic mass is 32.1. The summed E-state index contributed by atoms with van der Waals surface area (Å²) in [5.74, 6) is 2.81. The lowest BCUT2D eigenvalue weighted by Crippen LogP contribution is -2.60. The summed E-state index contributed by atoms with van der Waals surface area (Å²) in [5, 5.41) is 14.5. The van der Waals surface area contributed by atoms with Crippen LogP contribution in [0.25, 0.3) is 0 Å². The Bertz CT molecular complexity index is 724. The number of aliphatic hydroxyl groups is 1. The lowest BCUT2D eigenvalue weighted by molar-refractivity contribution is -0.149. The van der Waals surface area contributed by atoms with Crippen LogP contribution in [0.5, 0.6) is 0 Å². The van der Waals surface area contributed by atoms with Gasteiger partial charge in [-0.15, -0.1) is 11.3 Å². The number of ether oxygens (including phenoxy) is 2. The number of thiophene rings is 1. The molecule has 2 N–H and O–H groups in total. The molecule has 0 unspecified atom stereocenters. The summed E-state index contributed by atoms with van der Waals surface area (Å²) in [4.78, 5) is 14.5. The van der Waals surface area contributed by atoms with Crippen LogP contribution in [0.15, 0.2) is 29.3 Å². The number of hydrogen-bond acceptors (Lipinski definition) is 5. The zero-order valence-corrected chi connectivity index (χ0v) is 17.7. The van der Waals surface area contributed by atoms with Crippen molar-refractivity contribution in [2.24, 2.45) is 17.8 Å². The summed E-state index contributed by atoms with van der Waals surface area (Å²) < 4.78 is 11.8. The van der Waals surface area contributed by atoms with Crippen LogP contribution < -0.4 is 5.32 Å². The standard InChI is InChI=1S/C23H31NO4S/c25-4-2-5-27-21-11-18(20-3-1-6-29-20)10-19(28-21)22(26)24-23-12-15-7-16(13-23)9-17(8-15)14-23/h1,3,6,10,15-18,21,25H,2,4-5,7-9,11-14H2,(H,24,26)/t15?,16?,17?,18-,21+,23?/m1/s1. The molecule has 4 saturated carbocycles. The van der Waals surface area contributed by atoms with Crippen molar-refractivity contribution in [1.82, 2.24) is 5.32 Å². The highest BCUT2D eigenvalue weighted by Gasteiger charge is 2.52. The topological polar surface area (TPSA) is 67.8 Å².